The summed E-state index contributed by atoms with van der Waals surface area (Å²) in [5, 5.41) is 3.28. The summed E-state index contributed by atoms with van der Waals surface area (Å²) in [7, 11) is 1.62. The molecule has 0 radical (unpaired) electrons. The van der Waals surface area contributed by atoms with Gasteiger partial charge in [0.1, 0.15) is 0 Å². The normalized spacial score (nSPS) is 10.3. The predicted octanol–water partition coefficient (Wildman–Crippen LogP) is 3.84. The van der Waals surface area contributed by atoms with Gasteiger partial charge in [-0.2, -0.15) is 0 Å². The molecule has 2 amide bonds. The summed E-state index contributed by atoms with van der Waals surface area (Å²) in [4.78, 5) is 26.7. The Balaban J connectivity index is 1.82. The van der Waals surface area contributed by atoms with Gasteiger partial charge in [0.2, 0.25) is 11.8 Å². The summed E-state index contributed by atoms with van der Waals surface area (Å²) >= 11 is 7.35. The van der Waals surface area contributed by atoms with E-state index in [4.69, 9.17) is 11.6 Å². The monoisotopic (exact) mass is 362 g/mol. The average molecular weight is 363 g/mol. The highest BCUT2D eigenvalue weighted by Gasteiger charge is 2.14. The number of likely N-dealkylation sites (N-methyl/N-ethyl adjacent to an activating group) is 1. The second-order valence-corrected chi connectivity index (χ2v) is 6.82. The van der Waals surface area contributed by atoms with Crippen LogP contribution in [0.15, 0.2) is 53.4 Å². The molecule has 0 bridgehead atoms. The van der Waals surface area contributed by atoms with Crippen molar-refractivity contribution in [3.05, 3.63) is 59.1 Å². The number of rotatable bonds is 6. The van der Waals surface area contributed by atoms with Gasteiger partial charge in [0.05, 0.1) is 12.3 Å². The Hall–Kier alpha value is -1.98. The van der Waals surface area contributed by atoms with Crippen molar-refractivity contribution in [2.45, 2.75) is 11.8 Å². The van der Waals surface area contributed by atoms with Gasteiger partial charge in [-0.1, -0.05) is 35.9 Å². The van der Waals surface area contributed by atoms with Crippen molar-refractivity contribution < 1.29 is 9.59 Å². The molecule has 0 heterocycles. The van der Waals surface area contributed by atoms with Gasteiger partial charge < -0.3 is 10.2 Å². The first-order chi connectivity index (χ1) is 11.5. The second kappa shape index (κ2) is 8.76. The van der Waals surface area contributed by atoms with Gasteiger partial charge in [0.15, 0.2) is 0 Å². The number of hydrogen-bond acceptors (Lipinski definition) is 3. The first-order valence-corrected chi connectivity index (χ1v) is 8.80. The van der Waals surface area contributed by atoms with Gasteiger partial charge in [-0.25, -0.2) is 0 Å². The van der Waals surface area contributed by atoms with Crippen LogP contribution in [0, 0.1) is 6.92 Å². The number of thioether (sulfide) groups is 1. The molecule has 126 valence electrons. The van der Waals surface area contributed by atoms with Crippen molar-refractivity contribution in [2.24, 2.45) is 0 Å². The first-order valence-electron chi connectivity index (χ1n) is 7.43. The number of halogens is 1. The highest BCUT2D eigenvalue weighted by Crippen LogP contribution is 2.22. The molecular formula is C18H19ClN2O2S. The summed E-state index contributed by atoms with van der Waals surface area (Å²) in [5.41, 5.74) is 1.75. The van der Waals surface area contributed by atoms with Crippen molar-refractivity contribution in [1.29, 1.82) is 0 Å². The zero-order chi connectivity index (χ0) is 17.5. The largest absolute Gasteiger partial charge is 0.336 e. The summed E-state index contributed by atoms with van der Waals surface area (Å²) in [6.07, 6.45) is 0. The summed E-state index contributed by atoms with van der Waals surface area (Å²) in [5.74, 6) is -0.0512. The fourth-order valence-corrected chi connectivity index (χ4v) is 3.20. The van der Waals surface area contributed by atoms with Crippen LogP contribution >= 0.6 is 23.4 Å². The number of nitrogens with zero attached hydrogens (tertiary/aromatic N) is 1. The molecule has 0 atom stereocenters. The first kappa shape index (κ1) is 18.4. The molecular weight excluding hydrogens is 344 g/mol. The second-order valence-electron chi connectivity index (χ2n) is 5.36. The Morgan fingerprint density at radius 2 is 1.92 bits per heavy atom. The van der Waals surface area contributed by atoms with Crippen LogP contribution in [0.3, 0.4) is 0 Å². The van der Waals surface area contributed by atoms with Gasteiger partial charge in [-0.3, -0.25) is 9.59 Å². The molecule has 2 aromatic carbocycles. The maximum absolute atomic E-state index is 12.2. The van der Waals surface area contributed by atoms with Crippen molar-refractivity contribution in [2.75, 3.05) is 24.7 Å². The number of amides is 2. The Bertz CT molecular complexity index is 736. The lowest BCUT2D eigenvalue weighted by Gasteiger charge is -2.17. The minimum Gasteiger partial charge on any atom is -0.336 e. The van der Waals surface area contributed by atoms with Crippen LogP contribution < -0.4 is 5.32 Å². The van der Waals surface area contributed by atoms with Crippen LogP contribution in [0.25, 0.3) is 0 Å². The lowest BCUT2D eigenvalue weighted by Crippen LogP contribution is -2.35. The van der Waals surface area contributed by atoms with Gasteiger partial charge in [-0.05, 0) is 36.8 Å². The Labute approximate surface area is 151 Å². The van der Waals surface area contributed by atoms with E-state index in [1.165, 1.54) is 16.7 Å². The molecule has 0 unspecified atom stereocenters. The number of benzene rings is 2. The van der Waals surface area contributed by atoms with E-state index in [0.29, 0.717) is 16.5 Å². The number of anilines is 1. The number of carbonyl (C=O) groups is 2. The van der Waals surface area contributed by atoms with Crippen LogP contribution in [-0.2, 0) is 9.59 Å². The molecule has 0 fully saturated rings. The molecule has 0 aliphatic carbocycles. The highest BCUT2D eigenvalue weighted by molar-refractivity contribution is 8.00. The smallest absolute Gasteiger partial charge is 0.243 e. The number of hydrogen-bond donors (Lipinski definition) is 1. The SMILES string of the molecule is Cc1ccccc1SCC(=O)N(C)CC(=O)Nc1cccc(Cl)c1. The molecule has 0 aromatic heterocycles. The molecule has 0 spiro atoms. The number of aryl methyl sites for hydroxylation is 1. The third-order valence-electron chi connectivity index (χ3n) is 3.36. The maximum Gasteiger partial charge on any atom is 0.243 e. The molecule has 0 aliphatic rings. The fraction of sp³-hybridized carbons (Fsp3) is 0.222. The zero-order valence-corrected chi connectivity index (χ0v) is 15.2. The van der Waals surface area contributed by atoms with Crippen molar-refractivity contribution in [1.82, 2.24) is 4.90 Å². The van der Waals surface area contributed by atoms with Crippen molar-refractivity contribution in [3.63, 3.8) is 0 Å². The molecule has 0 aliphatic heterocycles. The van der Waals surface area contributed by atoms with E-state index < -0.39 is 0 Å². The standard InChI is InChI=1S/C18H19ClN2O2S/c1-13-6-3-4-9-16(13)24-12-18(23)21(2)11-17(22)20-15-8-5-7-14(19)10-15/h3-10H,11-12H2,1-2H3,(H,20,22). The maximum atomic E-state index is 12.2. The van der Waals surface area contributed by atoms with Crippen molar-refractivity contribution in [3.8, 4) is 0 Å². The molecule has 2 aromatic rings. The van der Waals surface area contributed by atoms with E-state index in [2.05, 4.69) is 5.32 Å². The number of nitrogens with one attached hydrogen (secondary N) is 1. The Morgan fingerprint density at radius 1 is 1.17 bits per heavy atom. The van der Waals surface area contributed by atoms with Gasteiger partial charge in [0.25, 0.3) is 0 Å². The van der Waals surface area contributed by atoms with Crippen LogP contribution in [0.5, 0.6) is 0 Å². The third-order valence-corrected chi connectivity index (χ3v) is 4.76. The van der Waals surface area contributed by atoms with E-state index in [9.17, 15) is 9.59 Å². The van der Waals surface area contributed by atoms with E-state index in [-0.39, 0.29) is 18.4 Å². The molecule has 1 N–H and O–H groups in total. The lowest BCUT2D eigenvalue weighted by atomic mass is 10.2. The fourth-order valence-electron chi connectivity index (χ4n) is 2.04. The lowest BCUT2D eigenvalue weighted by molar-refractivity contribution is -0.131. The minimum atomic E-state index is -0.256. The van der Waals surface area contributed by atoms with Gasteiger partial charge in [-0.15, -0.1) is 11.8 Å². The molecule has 2 rings (SSSR count). The van der Waals surface area contributed by atoms with Crippen LogP contribution in [0.4, 0.5) is 5.69 Å². The molecule has 24 heavy (non-hydrogen) atoms. The summed E-state index contributed by atoms with van der Waals surface area (Å²) in [6, 6.07) is 14.8. The van der Waals surface area contributed by atoms with E-state index >= 15 is 0 Å². The molecule has 4 nitrogen and oxygen atoms in total. The van der Waals surface area contributed by atoms with Crippen molar-refractivity contribution >= 4 is 40.9 Å². The van der Waals surface area contributed by atoms with Crippen LogP contribution in [-0.4, -0.2) is 36.1 Å². The zero-order valence-electron chi connectivity index (χ0n) is 13.6. The van der Waals surface area contributed by atoms with Crippen LogP contribution in [0.2, 0.25) is 5.02 Å². The predicted molar refractivity (Wildman–Crippen MR) is 99.6 cm³/mol. The molecule has 0 saturated heterocycles. The minimum absolute atomic E-state index is 0.000319. The van der Waals surface area contributed by atoms with Crippen LogP contribution in [0.1, 0.15) is 5.56 Å². The highest BCUT2D eigenvalue weighted by atomic mass is 35.5. The molecule has 0 saturated carbocycles. The quantitative estimate of drug-likeness (QED) is 0.794. The Kier molecular flexibility index (Phi) is 6.70. The topological polar surface area (TPSA) is 49.4 Å². The number of carbonyl (C=O) groups excluding carboxylic acids is 2. The molecule has 6 heteroatoms. The van der Waals surface area contributed by atoms with E-state index in [0.717, 1.165) is 10.5 Å². The van der Waals surface area contributed by atoms with E-state index in [1.807, 2.05) is 31.2 Å². The van der Waals surface area contributed by atoms with E-state index in [1.54, 1.807) is 31.3 Å². The third kappa shape index (κ3) is 5.58. The Morgan fingerprint density at radius 3 is 2.62 bits per heavy atom. The average Bonchev–Trinajstić information content (AvgIpc) is 2.53. The summed E-state index contributed by atoms with van der Waals surface area (Å²) in [6.45, 7) is 2.01. The summed E-state index contributed by atoms with van der Waals surface area (Å²) < 4.78 is 0. The van der Waals surface area contributed by atoms with Gasteiger partial charge >= 0.3 is 0 Å². The van der Waals surface area contributed by atoms with Gasteiger partial charge in [0, 0.05) is 22.7 Å².